The predicted octanol–water partition coefficient (Wildman–Crippen LogP) is 2.28. The van der Waals surface area contributed by atoms with Crippen molar-refractivity contribution in [3.05, 3.63) is 57.8 Å². The molecule has 3 heterocycles. The zero-order valence-corrected chi connectivity index (χ0v) is 13.6. The van der Waals surface area contributed by atoms with Gasteiger partial charge in [0.1, 0.15) is 11.2 Å². The summed E-state index contributed by atoms with van der Waals surface area (Å²) in [4.78, 5) is 19.8. The van der Waals surface area contributed by atoms with Gasteiger partial charge in [0.25, 0.3) is 5.56 Å². The molecular formula is C18H17N5O2. The van der Waals surface area contributed by atoms with Gasteiger partial charge in [-0.15, -0.1) is 0 Å². The third-order valence-corrected chi connectivity index (χ3v) is 4.37. The van der Waals surface area contributed by atoms with Crippen molar-refractivity contribution in [2.45, 2.75) is 31.9 Å². The molecule has 0 spiro atoms. The SMILES string of the molecule is N#Cc1cccc(Cc2nc3c(cnn3C3CCCCO3)c(=O)[nH]2)c1. The second kappa shape index (κ2) is 6.49. The number of aromatic nitrogens is 4. The molecule has 4 rings (SSSR count). The molecule has 1 unspecified atom stereocenters. The standard InChI is InChI=1S/C18H17N5O2/c19-10-13-5-3-4-12(8-13)9-15-21-17-14(18(24)22-15)11-20-23(17)16-6-1-2-7-25-16/h3-5,8,11,16H,1-2,6-7,9H2,(H,21,22,24). The van der Waals surface area contributed by atoms with Crippen LogP contribution in [0.3, 0.4) is 0 Å². The van der Waals surface area contributed by atoms with Gasteiger partial charge in [-0.05, 0) is 37.0 Å². The van der Waals surface area contributed by atoms with Gasteiger partial charge >= 0.3 is 0 Å². The van der Waals surface area contributed by atoms with Crippen molar-refractivity contribution in [3.8, 4) is 6.07 Å². The zero-order valence-electron chi connectivity index (χ0n) is 13.6. The third-order valence-electron chi connectivity index (χ3n) is 4.37. The van der Waals surface area contributed by atoms with Crippen LogP contribution in [0.2, 0.25) is 0 Å². The Hall–Kier alpha value is -2.98. The van der Waals surface area contributed by atoms with E-state index < -0.39 is 0 Å². The summed E-state index contributed by atoms with van der Waals surface area (Å²) >= 11 is 0. The van der Waals surface area contributed by atoms with E-state index in [1.54, 1.807) is 23.0 Å². The Kier molecular flexibility index (Phi) is 4.04. The molecule has 25 heavy (non-hydrogen) atoms. The molecule has 7 heteroatoms. The van der Waals surface area contributed by atoms with Gasteiger partial charge in [-0.3, -0.25) is 4.79 Å². The Morgan fingerprint density at radius 3 is 3.12 bits per heavy atom. The lowest BCUT2D eigenvalue weighted by molar-refractivity contribution is -0.0370. The molecular weight excluding hydrogens is 318 g/mol. The Morgan fingerprint density at radius 1 is 1.40 bits per heavy atom. The van der Waals surface area contributed by atoms with Crippen molar-refractivity contribution in [2.75, 3.05) is 6.61 Å². The molecule has 0 saturated carbocycles. The average Bonchev–Trinajstić information content (AvgIpc) is 3.07. The van der Waals surface area contributed by atoms with Crippen molar-refractivity contribution >= 4 is 11.0 Å². The first-order valence-corrected chi connectivity index (χ1v) is 8.31. The van der Waals surface area contributed by atoms with Crippen LogP contribution in [-0.2, 0) is 11.2 Å². The molecule has 2 aromatic heterocycles. The summed E-state index contributed by atoms with van der Waals surface area (Å²) in [6.07, 6.45) is 4.80. The molecule has 0 bridgehead atoms. The van der Waals surface area contributed by atoms with E-state index in [4.69, 9.17) is 10.00 Å². The molecule has 1 atom stereocenters. The molecule has 126 valence electrons. The second-order valence-electron chi connectivity index (χ2n) is 6.15. The largest absolute Gasteiger partial charge is 0.356 e. The van der Waals surface area contributed by atoms with Gasteiger partial charge in [-0.2, -0.15) is 10.4 Å². The number of nitrogens with zero attached hydrogens (tertiary/aromatic N) is 4. The number of benzene rings is 1. The second-order valence-corrected chi connectivity index (χ2v) is 6.15. The number of hydrogen-bond acceptors (Lipinski definition) is 5. The number of nitrogens with one attached hydrogen (secondary N) is 1. The first-order valence-electron chi connectivity index (χ1n) is 8.31. The van der Waals surface area contributed by atoms with E-state index >= 15 is 0 Å². The van der Waals surface area contributed by atoms with Crippen LogP contribution in [-0.4, -0.2) is 26.4 Å². The molecule has 7 nitrogen and oxygen atoms in total. The molecule has 0 radical (unpaired) electrons. The summed E-state index contributed by atoms with van der Waals surface area (Å²) in [6.45, 7) is 0.697. The maximum absolute atomic E-state index is 12.4. The van der Waals surface area contributed by atoms with Crippen molar-refractivity contribution in [3.63, 3.8) is 0 Å². The first kappa shape index (κ1) is 15.5. The Morgan fingerprint density at radius 2 is 2.32 bits per heavy atom. The highest BCUT2D eigenvalue weighted by Gasteiger charge is 2.20. The lowest BCUT2D eigenvalue weighted by Gasteiger charge is -2.23. The van der Waals surface area contributed by atoms with E-state index in [0.717, 1.165) is 24.8 Å². The van der Waals surface area contributed by atoms with Gasteiger partial charge in [-0.1, -0.05) is 12.1 Å². The quantitative estimate of drug-likeness (QED) is 0.792. The van der Waals surface area contributed by atoms with Crippen LogP contribution in [0.25, 0.3) is 11.0 Å². The van der Waals surface area contributed by atoms with Crippen LogP contribution in [0, 0.1) is 11.3 Å². The third kappa shape index (κ3) is 3.04. The molecule has 1 N–H and O–H groups in total. The molecule has 3 aromatic rings. The minimum atomic E-state index is -0.210. The molecule has 1 aromatic carbocycles. The number of hydrogen-bond donors (Lipinski definition) is 1. The van der Waals surface area contributed by atoms with Crippen molar-refractivity contribution in [2.24, 2.45) is 0 Å². The van der Waals surface area contributed by atoms with Crippen LogP contribution in [0.4, 0.5) is 0 Å². The van der Waals surface area contributed by atoms with Gasteiger partial charge in [0.15, 0.2) is 11.9 Å². The van der Waals surface area contributed by atoms with Crippen molar-refractivity contribution < 1.29 is 4.74 Å². The fourth-order valence-corrected chi connectivity index (χ4v) is 3.14. The summed E-state index contributed by atoms with van der Waals surface area (Å²) < 4.78 is 7.48. The van der Waals surface area contributed by atoms with Gasteiger partial charge < -0.3 is 9.72 Å². The van der Waals surface area contributed by atoms with Gasteiger partial charge in [-0.25, -0.2) is 9.67 Å². The van der Waals surface area contributed by atoms with Gasteiger partial charge in [0, 0.05) is 13.0 Å². The number of ether oxygens (including phenoxy) is 1. The molecule has 1 aliphatic rings. The smallest absolute Gasteiger partial charge is 0.262 e. The molecule has 1 aliphatic heterocycles. The van der Waals surface area contributed by atoms with Crippen molar-refractivity contribution in [1.29, 1.82) is 5.26 Å². The molecule has 0 aliphatic carbocycles. The maximum Gasteiger partial charge on any atom is 0.262 e. The van der Waals surface area contributed by atoms with E-state index in [2.05, 4.69) is 21.1 Å². The van der Waals surface area contributed by atoms with Crippen LogP contribution in [0.1, 0.15) is 42.4 Å². The lowest BCUT2D eigenvalue weighted by Crippen LogP contribution is -2.20. The topological polar surface area (TPSA) is 96.6 Å². The fraction of sp³-hybridized carbons (Fsp3) is 0.333. The van der Waals surface area contributed by atoms with E-state index in [9.17, 15) is 4.79 Å². The van der Waals surface area contributed by atoms with Gasteiger partial charge in [0.05, 0.1) is 17.8 Å². The van der Waals surface area contributed by atoms with Gasteiger partial charge in [0.2, 0.25) is 0 Å². The first-order chi connectivity index (χ1) is 12.2. The maximum atomic E-state index is 12.4. The number of rotatable bonds is 3. The van der Waals surface area contributed by atoms with E-state index in [1.807, 2.05) is 12.1 Å². The van der Waals surface area contributed by atoms with Crippen LogP contribution >= 0.6 is 0 Å². The normalized spacial score (nSPS) is 17.5. The Balaban J connectivity index is 1.72. The summed E-state index contributed by atoms with van der Waals surface area (Å²) in [7, 11) is 0. The molecule has 1 fully saturated rings. The Bertz CT molecular complexity index is 1010. The highest BCUT2D eigenvalue weighted by Crippen LogP contribution is 2.24. The van der Waals surface area contributed by atoms with E-state index in [0.29, 0.717) is 35.4 Å². The zero-order chi connectivity index (χ0) is 17.2. The number of aromatic amines is 1. The lowest BCUT2D eigenvalue weighted by atomic mass is 10.1. The van der Waals surface area contributed by atoms with E-state index in [1.165, 1.54) is 0 Å². The predicted molar refractivity (Wildman–Crippen MR) is 91.0 cm³/mol. The Labute approximate surface area is 143 Å². The minimum Gasteiger partial charge on any atom is -0.356 e. The molecule has 1 saturated heterocycles. The number of fused-ring (bicyclic) bond motifs is 1. The highest BCUT2D eigenvalue weighted by molar-refractivity contribution is 5.73. The summed E-state index contributed by atoms with van der Waals surface area (Å²) in [5, 5.41) is 13.8. The molecule has 0 amide bonds. The fourth-order valence-electron chi connectivity index (χ4n) is 3.14. The highest BCUT2D eigenvalue weighted by atomic mass is 16.5. The number of nitriles is 1. The monoisotopic (exact) mass is 335 g/mol. The summed E-state index contributed by atoms with van der Waals surface area (Å²) in [5.74, 6) is 0.546. The number of H-pyrrole nitrogens is 1. The van der Waals surface area contributed by atoms with Crippen LogP contribution in [0.15, 0.2) is 35.3 Å². The van der Waals surface area contributed by atoms with Crippen LogP contribution < -0.4 is 5.56 Å². The van der Waals surface area contributed by atoms with Crippen LogP contribution in [0.5, 0.6) is 0 Å². The summed E-state index contributed by atoms with van der Waals surface area (Å²) in [6, 6.07) is 9.40. The minimum absolute atomic E-state index is 0.171. The van der Waals surface area contributed by atoms with E-state index in [-0.39, 0.29) is 11.8 Å². The average molecular weight is 335 g/mol. The van der Waals surface area contributed by atoms with Crippen molar-refractivity contribution in [1.82, 2.24) is 19.7 Å². The summed E-state index contributed by atoms with van der Waals surface area (Å²) in [5.41, 5.74) is 1.84.